The topological polar surface area (TPSA) is 134 Å². The number of anilines is 2. The molecule has 1 heterocycles. The molecule has 192 valence electrons. The fourth-order valence-electron chi connectivity index (χ4n) is 3.29. The highest BCUT2D eigenvalue weighted by Gasteiger charge is 2.38. The van der Waals surface area contributed by atoms with Crippen molar-refractivity contribution in [3.05, 3.63) is 58.6 Å². The minimum absolute atomic E-state index is 0.143. The van der Waals surface area contributed by atoms with Gasteiger partial charge in [0.1, 0.15) is 0 Å². The van der Waals surface area contributed by atoms with Crippen molar-refractivity contribution in [3.63, 3.8) is 0 Å². The number of carbonyl (C=O) groups is 3. The van der Waals surface area contributed by atoms with E-state index in [1.807, 2.05) is 4.90 Å². The van der Waals surface area contributed by atoms with Gasteiger partial charge in [-0.2, -0.15) is 18.4 Å². The summed E-state index contributed by atoms with van der Waals surface area (Å²) in [5.74, 6) is -4.14. The minimum atomic E-state index is -5.08. The van der Waals surface area contributed by atoms with Crippen molar-refractivity contribution in [1.29, 1.82) is 5.26 Å². The van der Waals surface area contributed by atoms with Gasteiger partial charge < -0.3 is 20.4 Å². The number of benzene rings is 2. The van der Waals surface area contributed by atoms with Gasteiger partial charge >= 0.3 is 18.1 Å². The van der Waals surface area contributed by atoms with Crippen LogP contribution in [0.2, 0.25) is 5.02 Å². The summed E-state index contributed by atoms with van der Waals surface area (Å²) in [5.41, 5.74) is 1.62. The van der Waals surface area contributed by atoms with Gasteiger partial charge in [-0.05, 0) is 42.5 Å². The highest BCUT2D eigenvalue weighted by atomic mass is 35.5. The molecule has 1 fully saturated rings. The first-order chi connectivity index (χ1) is 16.9. The molecule has 0 aliphatic carbocycles. The maximum Gasteiger partial charge on any atom is 0.490 e. The van der Waals surface area contributed by atoms with Crippen LogP contribution in [0.3, 0.4) is 0 Å². The Hall–Kier alpha value is -3.82. The van der Waals surface area contributed by atoms with E-state index < -0.39 is 18.1 Å². The molecule has 1 amide bonds. The number of halogens is 4. The zero-order valence-corrected chi connectivity index (χ0v) is 19.5. The molecule has 0 radical (unpaired) electrons. The first kappa shape index (κ1) is 28.4. The summed E-state index contributed by atoms with van der Waals surface area (Å²) in [6.07, 6.45) is -4.59. The third-order valence-corrected chi connectivity index (χ3v) is 5.34. The van der Waals surface area contributed by atoms with Crippen molar-refractivity contribution in [3.8, 4) is 6.07 Å². The predicted octanol–water partition coefficient (Wildman–Crippen LogP) is 3.96. The second kappa shape index (κ2) is 12.8. The summed E-state index contributed by atoms with van der Waals surface area (Å²) in [5, 5.41) is 28.8. The van der Waals surface area contributed by atoms with E-state index in [4.69, 9.17) is 26.8 Å². The van der Waals surface area contributed by atoms with Crippen molar-refractivity contribution < 1.29 is 37.8 Å². The van der Waals surface area contributed by atoms with E-state index in [2.05, 4.69) is 16.3 Å². The lowest BCUT2D eigenvalue weighted by Gasteiger charge is -2.36. The van der Waals surface area contributed by atoms with Crippen LogP contribution in [0.4, 0.5) is 24.5 Å². The summed E-state index contributed by atoms with van der Waals surface area (Å²) < 4.78 is 31.7. The lowest BCUT2D eigenvalue weighted by atomic mass is 10.1. The Morgan fingerprint density at radius 3 is 2.11 bits per heavy atom. The number of alkyl halides is 3. The molecule has 3 rings (SSSR count). The van der Waals surface area contributed by atoms with Crippen molar-refractivity contribution >= 4 is 40.8 Å². The Morgan fingerprint density at radius 1 is 1.03 bits per heavy atom. The molecule has 1 saturated heterocycles. The maximum absolute atomic E-state index is 12.4. The number of hydrogen-bond acceptors (Lipinski definition) is 6. The van der Waals surface area contributed by atoms with Crippen molar-refractivity contribution in [2.75, 3.05) is 42.9 Å². The molecule has 3 N–H and O–H groups in total. The van der Waals surface area contributed by atoms with E-state index in [9.17, 15) is 27.9 Å². The zero-order chi connectivity index (χ0) is 26.9. The second-order valence-corrected chi connectivity index (χ2v) is 7.97. The molecule has 0 spiro atoms. The number of nitriles is 1. The Bertz CT molecular complexity index is 1130. The molecular weight excluding hydrogens is 505 g/mol. The number of carbonyl (C=O) groups excluding carboxylic acids is 1. The monoisotopic (exact) mass is 526 g/mol. The van der Waals surface area contributed by atoms with Crippen LogP contribution in [0.15, 0.2) is 42.5 Å². The first-order valence-corrected chi connectivity index (χ1v) is 10.9. The van der Waals surface area contributed by atoms with Crippen LogP contribution in [0, 0.1) is 11.3 Å². The van der Waals surface area contributed by atoms with Gasteiger partial charge in [0.2, 0.25) is 0 Å². The van der Waals surface area contributed by atoms with Crippen molar-refractivity contribution in [2.45, 2.75) is 12.6 Å². The molecule has 0 unspecified atom stereocenters. The van der Waals surface area contributed by atoms with Crippen LogP contribution >= 0.6 is 11.6 Å². The summed E-state index contributed by atoms with van der Waals surface area (Å²) >= 11 is 5.84. The van der Waals surface area contributed by atoms with Crippen molar-refractivity contribution in [1.82, 2.24) is 4.90 Å². The van der Waals surface area contributed by atoms with Crippen LogP contribution in [-0.2, 0) is 4.79 Å². The van der Waals surface area contributed by atoms with Gasteiger partial charge in [0.15, 0.2) is 0 Å². The highest BCUT2D eigenvalue weighted by molar-refractivity contribution is 6.30. The summed E-state index contributed by atoms with van der Waals surface area (Å²) in [6, 6.07) is 13.5. The number of hydrogen-bond donors (Lipinski definition) is 3. The molecule has 1 aliphatic heterocycles. The molecule has 13 heteroatoms. The van der Waals surface area contributed by atoms with Gasteiger partial charge in [-0.1, -0.05) is 11.6 Å². The smallest absolute Gasteiger partial charge is 0.478 e. The molecule has 0 saturated carbocycles. The number of aliphatic carboxylic acids is 1. The largest absolute Gasteiger partial charge is 0.490 e. The Balaban J connectivity index is 0.000000572. The molecule has 2 aromatic carbocycles. The third-order valence-electron chi connectivity index (χ3n) is 5.09. The van der Waals surface area contributed by atoms with Gasteiger partial charge in [0.25, 0.3) is 5.91 Å². The molecule has 9 nitrogen and oxygen atoms in total. The number of nitrogens with zero attached hydrogens (tertiary/aromatic N) is 3. The molecule has 36 heavy (non-hydrogen) atoms. The van der Waals surface area contributed by atoms with E-state index in [1.54, 1.807) is 36.4 Å². The number of rotatable bonds is 6. The molecule has 0 atom stereocenters. The zero-order valence-electron chi connectivity index (χ0n) is 18.8. The van der Waals surface area contributed by atoms with E-state index >= 15 is 0 Å². The van der Waals surface area contributed by atoms with Crippen molar-refractivity contribution in [2.24, 2.45) is 0 Å². The quantitative estimate of drug-likeness (QED) is 0.515. The number of amides is 1. The van der Waals surface area contributed by atoms with E-state index in [0.29, 0.717) is 41.5 Å². The fourth-order valence-corrected chi connectivity index (χ4v) is 3.41. The molecule has 2 aromatic rings. The molecule has 0 aromatic heterocycles. The van der Waals surface area contributed by atoms with E-state index in [1.165, 1.54) is 6.07 Å². The van der Waals surface area contributed by atoms with Crippen LogP contribution in [-0.4, -0.2) is 71.9 Å². The Morgan fingerprint density at radius 2 is 1.61 bits per heavy atom. The predicted molar refractivity (Wildman–Crippen MR) is 125 cm³/mol. The van der Waals surface area contributed by atoms with Gasteiger partial charge in [-0.3, -0.25) is 9.69 Å². The average molecular weight is 527 g/mol. The fraction of sp³-hybridized carbons (Fsp3) is 0.304. The van der Waals surface area contributed by atoms with Gasteiger partial charge in [-0.25, -0.2) is 9.59 Å². The molecule has 0 bridgehead atoms. The number of aromatic carboxylic acids is 1. The van der Waals surface area contributed by atoms with Gasteiger partial charge in [0, 0.05) is 55.4 Å². The van der Waals surface area contributed by atoms with Gasteiger partial charge in [0.05, 0.1) is 17.3 Å². The van der Waals surface area contributed by atoms with Crippen LogP contribution in [0.25, 0.3) is 0 Å². The SMILES string of the molecule is N#CCCN1CCN(c2ccc(NC(=O)c3ccc(Cl)cc3)cc2C(=O)O)CC1.O=C(O)C(F)(F)F. The maximum atomic E-state index is 12.4. The normalized spacial score (nSPS) is 13.7. The Kier molecular flexibility index (Phi) is 10.1. The number of carboxylic acids is 2. The average Bonchev–Trinajstić information content (AvgIpc) is 2.83. The lowest BCUT2D eigenvalue weighted by molar-refractivity contribution is -0.192. The third kappa shape index (κ3) is 8.44. The number of carboxylic acid groups (broad SMARTS) is 2. The summed E-state index contributed by atoms with van der Waals surface area (Å²) in [7, 11) is 0. The van der Waals surface area contributed by atoms with Crippen LogP contribution in [0.1, 0.15) is 27.1 Å². The molecular formula is C23H22ClF3N4O5. The number of piperazine rings is 1. The molecule has 1 aliphatic rings. The summed E-state index contributed by atoms with van der Waals surface area (Å²) in [6.45, 7) is 3.64. The highest BCUT2D eigenvalue weighted by Crippen LogP contribution is 2.26. The Labute approximate surface area is 209 Å². The van der Waals surface area contributed by atoms with E-state index in [-0.39, 0.29) is 11.5 Å². The first-order valence-electron chi connectivity index (χ1n) is 10.5. The second-order valence-electron chi connectivity index (χ2n) is 7.54. The number of nitrogens with one attached hydrogen (secondary N) is 1. The standard InChI is InChI=1S/C21H21ClN4O3.C2HF3O2/c22-16-4-2-15(3-5-16)20(27)24-17-6-7-19(18(14-17)21(28)29)26-12-10-25(11-13-26)9-1-8-23;3-2(4,5)1(6)7/h2-7,14H,1,9-13H2,(H,24,27)(H,28,29);(H,6,7). The van der Waals surface area contributed by atoms with Gasteiger partial charge in [-0.15, -0.1) is 0 Å². The summed E-state index contributed by atoms with van der Waals surface area (Å²) in [4.78, 5) is 37.3. The minimum Gasteiger partial charge on any atom is -0.478 e. The lowest BCUT2D eigenvalue weighted by Crippen LogP contribution is -2.47. The van der Waals surface area contributed by atoms with E-state index in [0.717, 1.165) is 19.6 Å². The van der Waals surface area contributed by atoms with Crippen LogP contribution < -0.4 is 10.2 Å². The van der Waals surface area contributed by atoms with Crippen LogP contribution in [0.5, 0.6) is 0 Å².